The zero-order valence-corrected chi connectivity index (χ0v) is 17.3. The average molecular weight is 422 g/mol. The molecule has 1 aliphatic heterocycles. The fourth-order valence-corrected chi connectivity index (χ4v) is 3.36. The number of rotatable bonds is 10. The Balaban J connectivity index is 1.89. The summed E-state index contributed by atoms with van der Waals surface area (Å²) in [5.41, 5.74) is -0.564. The minimum absolute atomic E-state index is 0.00434. The van der Waals surface area contributed by atoms with Crippen molar-refractivity contribution in [2.24, 2.45) is 4.99 Å². The largest absolute Gasteiger partial charge is 0.394 e. The Morgan fingerprint density at radius 3 is 2.47 bits per heavy atom. The molecule has 11 heteroatoms. The minimum Gasteiger partial charge on any atom is -0.394 e. The van der Waals surface area contributed by atoms with Crippen molar-refractivity contribution >= 4 is 18.1 Å². The number of unbranched alkanes of at least 4 members (excludes halogenated alkanes) is 2. The summed E-state index contributed by atoms with van der Waals surface area (Å²) in [5.74, 6) is 0.176. The summed E-state index contributed by atoms with van der Waals surface area (Å²) in [7, 11) is 0. The molecule has 1 saturated heterocycles. The molecule has 1 fully saturated rings. The first-order chi connectivity index (χ1) is 14.5. The highest BCUT2D eigenvalue weighted by Gasteiger charge is 2.43. The van der Waals surface area contributed by atoms with Crippen molar-refractivity contribution in [3.05, 3.63) is 22.9 Å². The van der Waals surface area contributed by atoms with Gasteiger partial charge in [-0.25, -0.2) is 14.2 Å². The standard InChI is InChI=1S/C19H30N6O5/c1-3-5-7-23(8-6-4-2)12-20-17-21-18-24(9-10-25(18)19(29)22-17)16-15(28)14(27)13(11-26)30-16/h9-10,12-16,26-28H,3-8,11H2,1-2H3/t13-,14+,15?,16-/m1/s1. The van der Waals surface area contributed by atoms with E-state index in [4.69, 9.17) is 4.74 Å². The van der Waals surface area contributed by atoms with E-state index < -0.39 is 36.8 Å². The molecule has 0 saturated carbocycles. The molecule has 0 aliphatic carbocycles. The molecule has 4 atom stereocenters. The van der Waals surface area contributed by atoms with Crippen molar-refractivity contribution in [3.63, 3.8) is 0 Å². The van der Waals surface area contributed by atoms with Crippen molar-refractivity contribution in [3.8, 4) is 0 Å². The third-order valence-electron chi connectivity index (χ3n) is 5.15. The minimum atomic E-state index is -1.28. The van der Waals surface area contributed by atoms with E-state index >= 15 is 0 Å². The number of nitrogens with zero attached hydrogens (tertiary/aromatic N) is 6. The predicted molar refractivity (Wildman–Crippen MR) is 110 cm³/mol. The molecule has 0 radical (unpaired) electrons. The monoisotopic (exact) mass is 422 g/mol. The molecule has 11 nitrogen and oxygen atoms in total. The number of aromatic nitrogens is 4. The number of fused-ring (bicyclic) bond motifs is 1. The summed E-state index contributed by atoms with van der Waals surface area (Å²) in [6, 6.07) is 0. The van der Waals surface area contributed by atoms with Gasteiger partial charge < -0.3 is 25.0 Å². The Hall–Kier alpha value is -2.34. The lowest BCUT2D eigenvalue weighted by molar-refractivity contribution is -0.0510. The van der Waals surface area contributed by atoms with Crippen molar-refractivity contribution in [2.75, 3.05) is 19.7 Å². The fourth-order valence-electron chi connectivity index (χ4n) is 3.36. The van der Waals surface area contributed by atoms with Crippen LogP contribution in [0, 0.1) is 0 Å². The SMILES string of the molecule is CCCCN(C=Nc1nc(=O)n2ccn([C@@H]3O[C@H](CO)[C@H](O)C3O)c2n1)CCCC. The van der Waals surface area contributed by atoms with Gasteiger partial charge in [-0.2, -0.15) is 9.97 Å². The van der Waals surface area contributed by atoms with Crippen molar-refractivity contribution in [2.45, 2.75) is 64.1 Å². The second-order valence-corrected chi connectivity index (χ2v) is 7.40. The van der Waals surface area contributed by atoms with Gasteiger partial charge >= 0.3 is 5.69 Å². The quantitative estimate of drug-likeness (QED) is 0.361. The van der Waals surface area contributed by atoms with Crippen LogP contribution >= 0.6 is 0 Å². The third-order valence-corrected chi connectivity index (χ3v) is 5.15. The zero-order chi connectivity index (χ0) is 21.7. The van der Waals surface area contributed by atoms with Gasteiger partial charge in [0.15, 0.2) is 6.23 Å². The molecule has 0 amide bonds. The first-order valence-electron chi connectivity index (χ1n) is 10.4. The summed E-state index contributed by atoms with van der Waals surface area (Å²) < 4.78 is 8.18. The maximum Gasteiger partial charge on any atom is 0.357 e. The zero-order valence-electron chi connectivity index (χ0n) is 17.3. The van der Waals surface area contributed by atoms with Gasteiger partial charge in [-0.15, -0.1) is 0 Å². The van der Waals surface area contributed by atoms with E-state index in [2.05, 4.69) is 33.7 Å². The average Bonchev–Trinajstić information content (AvgIpc) is 3.29. The molecule has 2 aromatic heterocycles. The summed E-state index contributed by atoms with van der Waals surface area (Å²) in [6.07, 6.45) is 4.37. The van der Waals surface area contributed by atoms with Crippen LogP contribution in [0.1, 0.15) is 45.8 Å². The van der Waals surface area contributed by atoms with Gasteiger partial charge in [0.1, 0.15) is 18.3 Å². The van der Waals surface area contributed by atoms with Crippen LogP contribution in [-0.2, 0) is 4.74 Å². The Kier molecular flexibility index (Phi) is 7.53. The number of aliphatic hydroxyl groups is 3. The van der Waals surface area contributed by atoms with E-state index in [9.17, 15) is 20.1 Å². The Bertz CT molecular complexity index is 904. The molecule has 2 aromatic rings. The molecule has 0 bridgehead atoms. The van der Waals surface area contributed by atoms with Crippen molar-refractivity contribution in [1.29, 1.82) is 0 Å². The second kappa shape index (κ2) is 10.1. The fraction of sp³-hybridized carbons (Fsp3) is 0.684. The molecule has 0 aromatic carbocycles. The first-order valence-corrected chi connectivity index (χ1v) is 10.4. The highest BCUT2D eigenvalue weighted by atomic mass is 16.6. The van der Waals surface area contributed by atoms with Crippen LogP contribution in [0.4, 0.5) is 5.95 Å². The Labute approximate surface area is 174 Å². The van der Waals surface area contributed by atoms with Crippen LogP contribution in [0.25, 0.3) is 5.78 Å². The Morgan fingerprint density at radius 1 is 1.17 bits per heavy atom. The van der Waals surface area contributed by atoms with Crippen LogP contribution in [0.3, 0.4) is 0 Å². The van der Waals surface area contributed by atoms with Gasteiger partial charge in [-0.05, 0) is 12.8 Å². The van der Waals surface area contributed by atoms with Crippen LogP contribution in [0.15, 0.2) is 22.2 Å². The molecule has 1 aliphatic rings. The lowest BCUT2D eigenvalue weighted by Crippen LogP contribution is -2.33. The maximum atomic E-state index is 12.4. The highest BCUT2D eigenvalue weighted by Crippen LogP contribution is 2.30. The van der Waals surface area contributed by atoms with Crippen LogP contribution in [0.5, 0.6) is 0 Å². The molecule has 30 heavy (non-hydrogen) atoms. The number of aliphatic hydroxyl groups excluding tert-OH is 3. The smallest absolute Gasteiger partial charge is 0.357 e. The molecule has 3 heterocycles. The number of hydrogen-bond donors (Lipinski definition) is 3. The molecule has 1 unspecified atom stereocenters. The van der Waals surface area contributed by atoms with Gasteiger partial charge in [0.25, 0.3) is 5.95 Å². The summed E-state index contributed by atoms with van der Waals surface area (Å²) in [5, 5.41) is 29.6. The van der Waals surface area contributed by atoms with E-state index in [1.807, 2.05) is 0 Å². The summed E-state index contributed by atoms with van der Waals surface area (Å²) >= 11 is 0. The number of ether oxygens (including phenoxy) is 1. The second-order valence-electron chi connectivity index (χ2n) is 7.40. The number of hydrogen-bond acceptors (Lipinski definition) is 8. The molecule has 166 valence electrons. The molecular weight excluding hydrogens is 392 g/mol. The van der Waals surface area contributed by atoms with Crippen molar-refractivity contribution in [1.82, 2.24) is 23.8 Å². The highest BCUT2D eigenvalue weighted by molar-refractivity contribution is 5.59. The lowest BCUT2D eigenvalue weighted by atomic mass is 10.1. The van der Waals surface area contributed by atoms with E-state index in [-0.39, 0.29) is 11.7 Å². The van der Waals surface area contributed by atoms with E-state index in [1.165, 1.54) is 21.4 Å². The normalized spacial score (nSPS) is 24.3. The summed E-state index contributed by atoms with van der Waals surface area (Å²) in [6.45, 7) is 5.53. The maximum absolute atomic E-state index is 12.4. The third kappa shape index (κ3) is 4.69. The summed E-state index contributed by atoms with van der Waals surface area (Å²) in [4.78, 5) is 27.0. The van der Waals surface area contributed by atoms with E-state index in [1.54, 1.807) is 6.34 Å². The number of aliphatic imine (C=N–C) groups is 1. The Morgan fingerprint density at radius 2 is 1.87 bits per heavy atom. The van der Waals surface area contributed by atoms with Gasteiger partial charge in [0.2, 0.25) is 5.78 Å². The van der Waals surface area contributed by atoms with Crippen molar-refractivity contribution < 1.29 is 20.1 Å². The van der Waals surface area contributed by atoms with Gasteiger partial charge in [0, 0.05) is 25.5 Å². The van der Waals surface area contributed by atoms with Gasteiger partial charge in [0.05, 0.1) is 12.9 Å². The van der Waals surface area contributed by atoms with Crippen LogP contribution in [0.2, 0.25) is 0 Å². The topological polar surface area (TPSA) is 138 Å². The van der Waals surface area contributed by atoms with Crippen LogP contribution < -0.4 is 5.69 Å². The molecule has 3 N–H and O–H groups in total. The number of imidazole rings is 1. The molecule has 0 spiro atoms. The van der Waals surface area contributed by atoms with Gasteiger partial charge in [-0.1, -0.05) is 26.7 Å². The first kappa shape index (κ1) is 22.3. The van der Waals surface area contributed by atoms with Gasteiger partial charge in [-0.3, -0.25) is 4.57 Å². The van der Waals surface area contributed by atoms with Crippen LogP contribution in [-0.4, -0.2) is 83.5 Å². The van der Waals surface area contributed by atoms with E-state index in [0.29, 0.717) is 0 Å². The molecular formula is C19H30N6O5. The van der Waals surface area contributed by atoms with E-state index in [0.717, 1.165) is 38.8 Å². The molecule has 3 rings (SSSR count). The predicted octanol–water partition coefficient (Wildman–Crippen LogP) is 0.0645. The lowest BCUT2D eigenvalue weighted by Gasteiger charge is -2.18.